The molecule has 1 aromatic rings. The van der Waals surface area contributed by atoms with Crippen molar-refractivity contribution in [3.63, 3.8) is 0 Å². The van der Waals surface area contributed by atoms with Crippen molar-refractivity contribution < 1.29 is 0 Å². The topological polar surface area (TPSA) is 29.9 Å². The molecule has 13 heavy (non-hydrogen) atoms. The third-order valence-electron chi connectivity index (χ3n) is 1.84. The normalized spacial score (nSPS) is 10.6. The molecule has 0 aliphatic carbocycles. The maximum Gasteiger partial charge on any atom is 0.0522 e. The lowest BCUT2D eigenvalue weighted by Crippen LogP contribution is -2.18. The van der Waals surface area contributed by atoms with Crippen LogP contribution in [0.5, 0.6) is 0 Å². The van der Waals surface area contributed by atoms with Gasteiger partial charge in [-0.25, -0.2) is 0 Å². The molecule has 1 heterocycles. The molecule has 0 atom stereocenters. The summed E-state index contributed by atoms with van der Waals surface area (Å²) in [5, 5.41) is 8.57. The molecule has 0 radical (unpaired) electrons. The predicted molar refractivity (Wildman–Crippen MR) is 58.2 cm³/mol. The lowest BCUT2D eigenvalue weighted by atomic mass is 10.2. The van der Waals surface area contributed by atoms with E-state index in [-0.39, 0.29) is 0 Å². The Morgan fingerprint density at radius 1 is 1.54 bits per heavy atom. The molecule has 0 saturated heterocycles. The predicted octanol–water partition coefficient (Wildman–Crippen LogP) is 1.34. The molecule has 1 rings (SSSR count). The molecule has 0 amide bonds. The zero-order valence-electron chi connectivity index (χ0n) is 7.96. The van der Waals surface area contributed by atoms with Gasteiger partial charge in [0.1, 0.15) is 0 Å². The summed E-state index contributed by atoms with van der Waals surface area (Å²) in [5.74, 6) is 0. The summed E-state index contributed by atoms with van der Waals surface area (Å²) in [4.78, 5) is 0. The third kappa shape index (κ3) is 4.43. The van der Waals surface area contributed by atoms with E-state index in [1.807, 2.05) is 17.9 Å². The molecule has 0 spiro atoms. The zero-order chi connectivity index (χ0) is 9.52. The number of rotatable bonds is 6. The van der Waals surface area contributed by atoms with Crippen molar-refractivity contribution in [1.29, 1.82) is 0 Å². The van der Waals surface area contributed by atoms with E-state index >= 15 is 0 Å². The van der Waals surface area contributed by atoms with Gasteiger partial charge in [-0.3, -0.25) is 4.68 Å². The number of alkyl halides is 1. The molecule has 0 aliphatic rings. The van der Waals surface area contributed by atoms with E-state index in [2.05, 4.69) is 32.5 Å². The first-order chi connectivity index (χ1) is 6.33. The first kappa shape index (κ1) is 10.7. The third-order valence-corrected chi connectivity index (χ3v) is 2.40. The number of hydrogen-bond donors (Lipinski definition) is 1. The Bertz CT molecular complexity index is 235. The maximum atomic E-state index is 4.11. The first-order valence-corrected chi connectivity index (χ1v) is 5.69. The van der Waals surface area contributed by atoms with Crippen molar-refractivity contribution in [2.75, 3.05) is 18.4 Å². The molecular weight excluding hydrogens is 230 g/mol. The Balaban J connectivity index is 2.06. The maximum absolute atomic E-state index is 4.11. The standard InChI is InChI=1S/C9H16BrN3/c1-13-8-9(7-12-13)3-6-11-5-2-4-10/h7-8,11H,2-6H2,1H3. The Kier molecular flexibility index (Phi) is 5.08. The summed E-state index contributed by atoms with van der Waals surface area (Å²) in [6.07, 6.45) is 6.24. The molecule has 74 valence electrons. The smallest absolute Gasteiger partial charge is 0.0522 e. The molecule has 1 aromatic heterocycles. The fraction of sp³-hybridized carbons (Fsp3) is 0.667. The highest BCUT2D eigenvalue weighted by Gasteiger charge is 1.94. The van der Waals surface area contributed by atoms with Crippen LogP contribution in [-0.2, 0) is 13.5 Å². The van der Waals surface area contributed by atoms with Crippen LogP contribution in [0.15, 0.2) is 12.4 Å². The van der Waals surface area contributed by atoms with E-state index in [1.54, 1.807) is 0 Å². The van der Waals surface area contributed by atoms with Crippen LogP contribution in [0.3, 0.4) is 0 Å². The number of aryl methyl sites for hydroxylation is 1. The van der Waals surface area contributed by atoms with Gasteiger partial charge in [0.25, 0.3) is 0 Å². The van der Waals surface area contributed by atoms with Crippen LogP contribution >= 0.6 is 15.9 Å². The molecule has 0 aromatic carbocycles. The van der Waals surface area contributed by atoms with Gasteiger partial charge in [0.05, 0.1) is 6.20 Å². The van der Waals surface area contributed by atoms with Crippen LogP contribution in [-0.4, -0.2) is 28.2 Å². The van der Waals surface area contributed by atoms with Gasteiger partial charge in [0.15, 0.2) is 0 Å². The summed E-state index contributed by atoms with van der Waals surface area (Å²) in [7, 11) is 1.95. The molecule has 0 fully saturated rings. The Morgan fingerprint density at radius 3 is 3.00 bits per heavy atom. The summed E-state index contributed by atoms with van der Waals surface area (Å²) in [6.45, 7) is 2.13. The highest BCUT2D eigenvalue weighted by molar-refractivity contribution is 9.09. The Hall–Kier alpha value is -0.350. The SMILES string of the molecule is Cn1cc(CCNCCCBr)cn1. The van der Waals surface area contributed by atoms with Gasteiger partial charge in [-0.05, 0) is 31.5 Å². The number of aromatic nitrogens is 2. The van der Waals surface area contributed by atoms with Crippen LogP contribution in [0.25, 0.3) is 0 Å². The largest absolute Gasteiger partial charge is 0.316 e. The molecule has 3 nitrogen and oxygen atoms in total. The van der Waals surface area contributed by atoms with Gasteiger partial charge in [0.2, 0.25) is 0 Å². The van der Waals surface area contributed by atoms with Gasteiger partial charge < -0.3 is 5.32 Å². The molecule has 4 heteroatoms. The van der Waals surface area contributed by atoms with Crippen LogP contribution in [0.2, 0.25) is 0 Å². The Labute approximate surface area is 87.6 Å². The van der Waals surface area contributed by atoms with Gasteiger partial charge in [-0.1, -0.05) is 15.9 Å². The fourth-order valence-electron chi connectivity index (χ4n) is 1.15. The van der Waals surface area contributed by atoms with Crippen molar-refractivity contribution in [1.82, 2.24) is 15.1 Å². The van der Waals surface area contributed by atoms with E-state index in [0.717, 1.165) is 24.8 Å². The monoisotopic (exact) mass is 245 g/mol. The second-order valence-electron chi connectivity index (χ2n) is 3.06. The van der Waals surface area contributed by atoms with Crippen LogP contribution < -0.4 is 5.32 Å². The van der Waals surface area contributed by atoms with Gasteiger partial charge >= 0.3 is 0 Å². The molecule has 0 unspecified atom stereocenters. The quantitative estimate of drug-likeness (QED) is 0.606. The second-order valence-corrected chi connectivity index (χ2v) is 3.86. The number of nitrogens with zero attached hydrogens (tertiary/aromatic N) is 2. The van der Waals surface area contributed by atoms with Crippen LogP contribution in [0.4, 0.5) is 0 Å². The lowest BCUT2D eigenvalue weighted by molar-refractivity contribution is 0.675. The van der Waals surface area contributed by atoms with Gasteiger partial charge in [0, 0.05) is 18.6 Å². The van der Waals surface area contributed by atoms with E-state index in [4.69, 9.17) is 0 Å². The minimum absolute atomic E-state index is 1.04. The Morgan fingerprint density at radius 2 is 2.38 bits per heavy atom. The molecule has 0 saturated carbocycles. The average Bonchev–Trinajstić information content (AvgIpc) is 2.51. The fourth-order valence-corrected chi connectivity index (χ4v) is 1.43. The zero-order valence-corrected chi connectivity index (χ0v) is 9.55. The van der Waals surface area contributed by atoms with E-state index in [0.29, 0.717) is 0 Å². The highest BCUT2D eigenvalue weighted by Crippen LogP contribution is 1.95. The molecule has 0 aliphatic heterocycles. The molecule has 1 N–H and O–H groups in total. The first-order valence-electron chi connectivity index (χ1n) is 4.57. The second kappa shape index (κ2) is 6.16. The lowest BCUT2D eigenvalue weighted by Gasteiger charge is -2.00. The van der Waals surface area contributed by atoms with E-state index in [1.165, 1.54) is 12.0 Å². The number of halogens is 1. The highest BCUT2D eigenvalue weighted by atomic mass is 79.9. The molecule has 0 bridgehead atoms. The minimum Gasteiger partial charge on any atom is -0.316 e. The van der Waals surface area contributed by atoms with Crippen molar-refractivity contribution in [2.24, 2.45) is 7.05 Å². The summed E-state index contributed by atoms with van der Waals surface area (Å²) in [6, 6.07) is 0. The number of hydrogen-bond acceptors (Lipinski definition) is 2. The van der Waals surface area contributed by atoms with Crippen molar-refractivity contribution in [3.05, 3.63) is 18.0 Å². The summed E-state index contributed by atoms with van der Waals surface area (Å²) >= 11 is 3.40. The van der Waals surface area contributed by atoms with Crippen LogP contribution in [0, 0.1) is 0 Å². The summed E-state index contributed by atoms with van der Waals surface area (Å²) < 4.78 is 1.84. The summed E-state index contributed by atoms with van der Waals surface area (Å²) in [5.41, 5.74) is 1.30. The van der Waals surface area contributed by atoms with Crippen molar-refractivity contribution >= 4 is 15.9 Å². The van der Waals surface area contributed by atoms with E-state index < -0.39 is 0 Å². The van der Waals surface area contributed by atoms with Crippen molar-refractivity contribution in [2.45, 2.75) is 12.8 Å². The average molecular weight is 246 g/mol. The minimum atomic E-state index is 1.04. The van der Waals surface area contributed by atoms with Crippen molar-refractivity contribution in [3.8, 4) is 0 Å². The number of nitrogens with one attached hydrogen (secondary N) is 1. The van der Waals surface area contributed by atoms with Gasteiger partial charge in [-0.2, -0.15) is 5.10 Å². The van der Waals surface area contributed by atoms with Crippen LogP contribution in [0.1, 0.15) is 12.0 Å². The molecular formula is C9H16BrN3. The van der Waals surface area contributed by atoms with E-state index in [9.17, 15) is 0 Å². The van der Waals surface area contributed by atoms with Gasteiger partial charge in [-0.15, -0.1) is 0 Å².